The van der Waals surface area contributed by atoms with Gasteiger partial charge in [0.15, 0.2) is 0 Å². The molecule has 1 aliphatic rings. The van der Waals surface area contributed by atoms with Crippen molar-refractivity contribution in [2.24, 2.45) is 0 Å². The molecule has 60 valence electrons. The van der Waals surface area contributed by atoms with E-state index in [0.717, 1.165) is 13.0 Å². The summed E-state index contributed by atoms with van der Waals surface area (Å²) in [6, 6.07) is 0. The molecule has 0 aliphatic carbocycles. The molecule has 1 unspecified atom stereocenters. The molecule has 1 aromatic heterocycles. The first-order valence-corrected chi connectivity index (χ1v) is 3.66. The molecule has 11 heavy (non-hydrogen) atoms. The maximum Gasteiger partial charge on any atom is 0.0749 e. The van der Waals surface area contributed by atoms with Crippen molar-refractivity contribution in [1.29, 1.82) is 0 Å². The first-order valence-electron chi connectivity index (χ1n) is 3.66. The molecule has 1 saturated heterocycles. The van der Waals surface area contributed by atoms with Crippen molar-refractivity contribution in [2.75, 3.05) is 18.1 Å². The summed E-state index contributed by atoms with van der Waals surface area (Å²) >= 11 is 0. The summed E-state index contributed by atoms with van der Waals surface area (Å²) in [5.41, 5.74) is 0. The van der Waals surface area contributed by atoms with E-state index in [-0.39, 0.29) is 6.10 Å². The minimum atomic E-state index is -0.209. The van der Waals surface area contributed by atoms with Crippen molar-refractivity contribution in [3.8, 4) is 0 Å². The molecule has 1 N–H and O–H groups in total. The predicted molar refractivity (Wildman–Crippen MR) is 38.6 cm³/mol. The third-order valence-electron chi connectivity index (χ3n) is 1.84. The molecule has 2 heterocycles. The second kappa shape index (κ2) is 2.50. The van der Waals surface area contributed by atoms with Gasteiger partial charge in [-0.3, -0.25) is 5.01 Å². The van der Waals surface area contributed by atoms with Crippen LogP contribution in [0.15, 0.2) is 12.4 Å². The Morgan fingerprint density at radius 3 is 3.00 bits per heavy atom. The molecule has 0 radical (unpaired) electrons. The lowest BCUT2D eigenvalue weighted by Gasteiger charge is -2.15. The van der Waals surface area contributed by atoms with Crippen LogP contribution in [0.1, 0.15) is 6.42 Å². The van der Waals surface area contributed by atoms with Crippen molar-refractivity contribution < 1.29 is 5.11 Å². The van der Waals surface area contributed by atoms with Crippen LogP contribution < -0.4 is 5.01 Å². The zero-order chi connectivity index (χ0) is 7.68. The summed E-state index contributed by atoms with van der Waals surface area (Å²) in [4.78, 5) is 1.66. The second-order valence-corrected chi connectivity index (χ2v) is 2.68. The molecule has 0 amide bonds. The Hall–Kier alpha value is -1.10. The minimum absolute atomic E-state index is 0.209. The maximum absolute atomic E-state index is 9.20. The number of aromatic nitrogens is 3. The van der Waals surface area contributed by atoms with Crippen LogP contribution in [0, 0.1) is 0 Å². The van der Waals surface area contributed by atoms with Gasteiger partial charge in [0.25, 0.3) is 0 Å². The molecule has 2 rings (SSSR count). The number of hydrogen-bond donors (Lipinski definition) is 1. The van der Waals surface area contributed by atoms with Gasteiger partial charge in [-0.1, -0.05) is 0 Å². The highest BCUT2D eigenvalue weighted by molar-refractivity contribution is 4.93. The average Bonchev–Trinajstić information content (AvgIpc) is 2.55. The first-order chi connectivity index (χ1) is 5.36. The van der Waals surface area contributed by atoms with Gasteiger partial charge >= 0.3 is 0 Å². The van der Waals surface area contributed by atoms with Crippen LogP contribution in [0.2, 0.25) is 0 Å². The Kier molecular flexibility index (Phi) is 1.50. The quantitative estimate of drug-likeness (QED) is 0.562. The molecular formula is C6H10N4O. The van der Waals surface area contributed by atoms with E-state index in [9.17, 15) is 5.11 Å². The third-order valence-corrected chi connectivity index (χ3v) is 1.84. The molecule has 0 bridgehead atoms. The van der Waals surface area contributed by atoms with E-state index in [2.05, 4.69) is 10.3 Å². The lowest BCUT2D eigenvalue weighted by Crippen LogP contribution is -2.33. The molecule has 0 saturated carbocycles. The highest BCUT2D eigenvalue weighted by atomic mass is 16.3. The molecule has 0 spiro atoms. The number of aliphatic hydroxyl groups excluding tert-OH is 1. The van der Waals surface area contributed by atoms with E-state index < -0.39 is 0 Å². The Balaban J connectivity index is 2.08. The van der Waals surface area contributed by atoms with Gasteiger partial charge in [0.2, 0.25) is 0 Å². The number of hydrogen-bond acceptors (Lipinski definition) is 4. The molecule has 0 aromatic carbocycles. The van der Waals surface area contributed by atoms with E-state index in [0.29, 0.717) is 6.54 Å². The van der Waals surface area contributed by atoms with Crippen molar-refractivity contribution in [3.05, 3.63) is 12.4 Å². The fourth-order valence-corrected chi connectivity index (χ4v) is 1.26. The van der Waals surface area contributed by atoms with Gasteiger partial charge in [-0.2, -0.15) is 4.79 Å². The Labute approximate surface area is 64.2 Å². The lowest BCUT2D eigenvalue weighted by molar-refractivity contribution is 0.196. The van der Waals surface area contributed by atoms with E-state index in [1.165, 1.54) is 0 Å². The van der Waals surface area contributed by atoms with Crippen molar-refractivity contribution >= 4 is 0 Å². The number of nitrogens with zero attached hydrogens (tertiary/aromatic N) is 4. The summed E-state index contributed by atoms with van der Waals surface area (Å²) in [7, 11) is 0. The standard InChI is InChI=1S/C6H10N4O/c11-6-1-3-9(5-6)10-4-2-7-8-10/h2,4,6,11H,1,3,5H2. The minimum Gasteiger partial charge on any atom is -0.391 e. The molecule has 1 aliphatic heterocycles. The lowest BCUT2D eigenvalue weighted by atomic mass is 10.3. The molecule has 5 nitrogen and oxygen atoms in total. The van der Waals surface area contributed by atoms with Crippen LogP contribution in [-0.4, -0.2) is 39.4 Å². The smallest absolute Gasteiger partial charge is 0.0749 e. The summed E-state index contributed by atoms with van der Waals surface area (Å²) in [5.74, 6) is 0. The van der Waals surface area contributed by atoms with E-state index >= 15 is 0 Å². The zero-order valence-corrected chi connectivity index (χ0v) is 6.09. The first kappa shape index (κ1) is 6.60. The molecule has 1 aromatic rings. The highest BCUT2D eigenvalue weighted by Crippen LogP contribution is 2.05. The summed E-state index contributed by atoms with van der Waals surface area (Å²) in [5, 5.41) is 18.6. The van der Waals surface area contributed by atoms with Crippen molar-refractivity contribution in [2.45, 2.75) is 12.5 Å². The SMILES string of the molecule is OC1CCN(n2ccnn2)C1. The van der Waals surface area contributed by atoms with Crippen LogP contribution in [0.5, 0.6) is 0 Å². The Bertz CT molecular complexity index is 222. The number of rotatable bonds is 1. The van der Waals surface area contributed by atoms with Gasteiger partial charge in [-0.25, -0.2) is 0 Å². The fourth-order valence-electron chi connectivity index (χ4n) is 1.26. The van der Waals surface area contributed by atoms with Crippen LogP contribution >= 0.6 is 0 Å². The van der Waals surface area contributed by atoms with Crippen molar-refractivity contribution in [1.82, 2.24) is 15.1 Å². The highest BCUT2D eigenvalue weighted by Gasteiger charge is 2.20. The summed E-state index contributed by atoms with van der Waals surface area (Å²) in [6.07, 6.45) is 4.02. The van der Waals surface area contributed by atoms with Crippen LogP contribution in [0.25, 0.3) is 0 Å². The molecule has 1 atom stereocenters. The van der Waals surface area contributed by atoms with Crippen LogP contribution in [-0.2, 0) is 0 Å². The zero-order valence-electron chi connectivity index (χ0n) is 6.09. The van der Waals surface area contributed by atoms with Crippen LogP contribution in [0.3, 0.4) is 0 Å². The summed E-state index contributed by atoms with van der Waals surface area (Å²) in [6.45, 7) is 1.51. The predicted octanol–water partition coefficient (Wildman–Crippen LogP) is -1.02. The van der Waals surface area contributed by atoms with Crippen molar-refractivity contribution in [3.63, 3.8) is 0 Å². The Morgan fingerprint density at radius 2 is 2.45 bits per heavy atom. The average molecular weight is 154 g/mol. The third kappa shape index (κ3) is 1.19. The summed E-state index contributed by atoms with van der Waals surface area (Å²) < 4.78 is 0. The van der Waals surface area contributed by atoms with Gasteiger partial charge < -0.3 is 5.11 Å². The molecule has 1 fully saturated rings. The van der Waals surface area contributed by atoms with E-state index in [1.54, 1.807) is 17.2 Å². The monoisotopic (exact) mass is 154 g/mol. The van der Waals surface area contributed by atoms with Gasteiger partial charge in [-0.05, 0) is 11.6 Å². The second-order valence-electron chi connectivity index (χ2n) is 2.68. The van der Waals surface area contributed by atoms with Gasteiger partial charge in [-0.15, -0.1) is 5.10 Å². The van der Waals surface area contributed by atoms with Gasteiger partial charge in [0.05, 0.1) is 25.0 Å². The Morgan fingerprint density at radius 1 is 1.55 bits per heavy atom. The molecule has 5 heteroatoms. The van der Waals surface area contributed by atoms with E-state index in [1.807, 2.05) is 5.01 Å². The van der Waals surface area contributed by atoms with Crippen LogP contribution in [0.4, 0.5) is 0 Å². The number of β-amino-alcohol motifs (C(OH)–C–C–N with tert-alkyl or cyclic N) is 1. The molecular weight excluding hydrogens is 144 g/mol. The van der Waals surface area contributed by atoms with E-state index in [4.69, 9.17) is 0 Å². The largest absolute Gasteiger partial charge is 0.391 e. The topological polar surface area (TPSA) is 54.2 Å². The van der Waals surface area contributed by atoms with Gasteiger partial charge in [0.1, 0.15) is 0 Å². The maximum atomic E-state index is 9.20. The fraction of sp³-hybridized carbons (Fsp3) is 0.667. The number of aliphatic hydroxyl groups is 1. The van der Waals surface area contributed by atoms with Gasteiger partial charge in [0, 0.05) is 6.54 Å². The normalized spacial score (nSPS) is 24.5.